The van der Waals surface area contributed by atoms with Gasteiger partial charge in [0.25, 0.3) is 0 Å². The second-order valence-electron chi connectivity index (χ2n) is 6.80. The number of ketones is 1. The van der Waals surface area contributed by atoms with Crippen molar-refractivity contribution in [3.8, 4) is 5.75 Å². The highest BCUT2D eigenvalue weighted by Crippen LogP contribution is 2.31. The summed E-state index contributed by atoms with van der Waals surface area (Å²) in [6.45, 7) is 1.51. The van der Waals surface area contributed by atoms with Crippen molar-refractivity contribution in [2.75, 3.05) is 32.1 Å². The van der Waals surface area contributed by atoms with E-state index >= 15 is 0 Å². The van der Waals surface area contributed by atoms with Crippen LogP contribution in [0.3, 0.4) is 0 Å². The number of piperidine rings is 1. The van der Waals surface area contributed by atoms with Crippen LogP contribution in [0.4, 0.5) is 11.4 Å². The number of para-hydroxylation sites is 1. The number of methoxy groups -OCH3 is 1. The van der Waals surface area contributed by atoms with E-state index in [0.717, 1.165) is 29.4 Å². The molecule has 138 valence electrons. The zero-order valence-corrected chi connectivity index (χ0v) is 15.1. The first-order chi connectivity index (χ1) is 13.1. The van der Waals surface area contributed by atoms with Crippen molar-refractivity contribution in [2.24, 2.45) is 10.9 Å². The smallest absolute Gasteiger partial charge is 0.238 e. The Morgan fingerprint density at radius 3 is 2.78 bits per heavy atom. The molecule has 2 aromatic rings. The standard InChI is InChI=1S/C21H21N3O3/c1-27-15-8-6-14(7-9-15)22-20(25)13-24-11-10-19-17(12-24)21(26)16-4-2-3-5-18(16)23-19/h2-9,17H,10-13H2,1H3,(H,22,25). The monoisotopic (exact) mass is 363 g/mol. The fraction of sp³-hybridized carbons (Fsp3) is 0.286. The number of carbonyl (C=O) groups is 2. The Labute approximate surface area is 157 Å². The summed E-state index contributed by atoms with van der Waals surface area (Å²) in [6.07, 6.45) is 0.709. The normalized spacial score (nSPS) is 18.9. The summed E-state index contributed by atoms with van der Waals surface area (Å²) in [7, 11) is 1.60. The molecule has 1 amide bonds. The van der Waals surface area contributed by atoms with Crippen molar-refractivity contribution in [1.29, 1.82) is 0 Å². The summed E-state index contributed by atoms with van der Waals surface area (Å²) in [5, 5.41) is 2.89. The number of amides is 1. The van der Waals surface area contributed by atoms with Gasteiger partial charge in [-0.3, -0.25) is 19.5 Å². The molecule has 1 unspecified atom stereocenters. The molecule has 0 spiro atoms. The highest BCUT2D eigenvalue weighted by atomic mass is 16.5. The number of anilines is 1. The average molecular weight is 363 g/mol. The van der Waals surface area contributed by atoms with Gasteiger partial charge in [-0.15, -0.1) is 0 Å². The fourth-order valence-electron chi connectivity index (χ4n) is 3.61. The Morgan fingerprint density at radius 2 is 2.00 bits per heavy atom. The molecule has 1 N–H and O–H groups in total. The maximum absolute atomic E-state index is 12.8. The molecule has 27 heavy (non-hydrogen) atoms. The van der Waals surface area contributed by atoms with Crippen LogP contribution in [0, 0.1) is 5.92 Å². The number of likely N-dealkylation sites (tertiary alicyclic amines) is 1. The number of benzene rings is 2. The first kappa shape index (κ1) is 17.4. The van der Waals surface area contributed by atoms with Gasteiger partial charge in [-0.25, -0.2) is 0 Å². The lowest BCUT2D eigenvalue weighted by Crippen LogP contribution is -2.47. The lowest BCUT2D eigenvalue weighted by molar-refractivity contribution is -0.117. The van der Waals surface area contributed by atoms with Gasteiger partial charge in [0.2, 0.25) is 5.91 Å². The second kappa shape index (κ2) is 7.32. The largest absolute Gasteiger partial charge is 0.497 e. The molecule has 6 heteroatoms. The number of ether oxygens (including phenoxy) is 1. The summed E-state index contributed by atoms with van der Waals surface area (Å²) in [5.74, 6) is 0.509. The first-order valence-electron chi connectivity index (χ1n) is 9.01. The van der Waals surface area contributed by atoms with Crippen LogP contribution >= 0.6 is 0 Å². The predicted molar refractivity (Wildman–Crippen MR) is 104 cm³/mol. The van der Waals surface area contributed by atoms with Crippen molar-refractivity contribution in [3.63, 3.8) is 0 Å². The van der Waals surface area contributed by atoms with Crippen molar-refractivity contribution < 1.29 is 14.3 Å². The minimum Gasteiger partial charge on any atom is -0.497 e. The van der Waals surface area contributed by atoms with Gasteiger partial charge < -0.3 is 10.1 Å². The summed E-state index contributed by atoms with van der Waals surface area (Å²) in [5.41, 5.74) is 3.10. The topological polar surface area (TPSA) is 71.0 Å². The highest BCUT2D eigenvalue weighted by molar-refractivity contribution is 6.18. The number of nitrogens with one attached hydrogen (secondary N) is 1. The minimum absolute atomic E-state index is 0.0933. The van der Waals surface area contributed by atoms with Crippen LogP contribution in [0.1, 0.15) is 16.8 Å². The molecule has 0 aliphatic carbocycles. The summed E-state index contributed by atoms with van der Waals surface area (Å²) < 4.78 is 5.12. The second-order valence-corrected chi connectivity index (χ2v) is 6.80. The van der Waals surface area contributed by atoms with Gasteiger partial charge in [-0.2, -0.15) is 0 Å². The van der Waals surface area contributed by atoms with Crippen LogP contribution < -0.4 is 10.1 Å². The van der Waals surface area contributed by atoms with E-state index in [-0.39, 0.29) is 24.2 Å². The van der Waals surface area contributed by atoms with Gasteiger partial charge in [0.1, 0.15) is 5.75 Å². The van der Waals surface area contributed by atoms with E-state index in [4.69, 9.17) is 4.74 Å². The third-order valence-electron chi connectivity index (χ3n) is 5.02. The zero-order valence-electron chi connectivity index (χ0n) is 15.1. The van der Waals surface area contributed by atoms with E-state index in [2.05, 4.69) is 10.3 Å². The molecule has 2 aromatic carbocycles. The molecule has 0 bridgehead atoms. The average Bonchev–Trinajstić information content (AvgIpc) is 2.69. The Hall–Kier alpha value is -2.99. The highest BCUT2D eigenvalue weighted by Gasteiger charge is 2.36. The molecule has 4 rings (SSSR count). The molecule has 2 aliphatic heterocycles. The molecule has 1 fully saturated rings. The number of hydrogen-bond donors (Lipinski definition) is 1. The SMILES string of the molecule is COc1ccc(NC(=O)CN2CCC3=Nc4ccccc4C(=O)C3C2)cc1. The van der Waals surface area contributed by atoms with Gasteiger partial charge in [0, 0.05) is 30.1 Å². The number of fused-ring (bicyclic) bond motifs is 2. The van der Waals surface area contributed by atoms with Crippen molar-refractivity contribution in [3.05, 3.63) is 54.1 Å². The molecule has 1 atom stereocenters. The van der Waals surface area contributed by atoms with Crippen LogP contribution in [0.15, 0.2) is 53.5 Å². The molecule has 1 saturated heterocycles. The zero-order chi connectivity index (χ0) is 18.8. The van der Waals surface area contributed by atoms with Gasteiger partial charge >= 0.3 is 0 Å². The molecule has 0 aromatic heterocycles. The van der Waals surface area contributed by atoms with E-state index in [1.165, 1.54) is 0 Å². The lowest BCUT2D eigenvalue weighted by Gasteiger charge is -2.34. The van der Waals surface area contributed by atoms with E-state index < -0.39 is 0 Å². The van der Waals surface area contributed by atoms with Gasteiger partial charge in [0.05, 0.1) is 25.3 Å². The summed E-state index contributed by atoms with van der Waals surface area (Å²) in [6, 6.07) is 14.7. The van der Waals surface area contributed by atoms with Crippen LogP contribution in [-0.2, 0) is 4.79 Å². The van der Waals surface area contributed by atoms with E-state index in [9.17, 15) is 9.59 Å². The number of rotatable bonds is 4. The maximum Gasteiger partial charge on any atom is 0.238 e. The van der Waals surface area contributed by atoms with E-state index in [1.54, 1.807) is 31.4 Å². The Bertz CT molecular complexity index is 905. The Kier molecular flexibility index (Phi) is 4.73. The van der Waals surface area contributed by atoms with Gasteiger partial charge in [0.15, 0.2) is 5.78 Å². The molecule has 0 saturated carbocycles. The third kappa shape index (κ3) is 3.61. The van der Waals surface area contributed by atoms with E-state index in [1.807, 2.05) is 29.2 Å². The number of hydrogen-bond acceptors (Lipinski definition) is 5. The fourth-order valence-corrected chi connectivity index (χ4v) is 3.61. The number of nitrogens with zero attached hydrogens (tertiary/aromatic N) is 2. The van der Waals surface area contributed by atoms with Crippen molar-refractivity contribution in [1.82, 2.24) is 4.90 Å². The van der Waals surface area contributed by atoms with Gasteiger partial charge in [-0.05, 0) is 42.8 Å². The van der Waals surface area contributed by atoms with Crippen LogP contribution in [0.2, 0.25) is 0 Å². The molecule has 0 radical (unpaired) electrons. The number of Topliss-reactive ketones (excluding diaryl/α,β-unsaturated/α-hetero) is 1. The Balaban J connectivity index is 1.39. The van der Waals surface area contributed by atoms with Crippen LogP contribution in [0.25, 0.3) is 0 Å². The Morgan fingerprint density at radius 1 is 1.22 bits per heavy atom. The lowest BCUT2D eigenvalue weighted by atomic mass is 9.85. The molecule has 6 nitrogen and oxygen atoms in total. The van der Waals surface area contributed by atoms with Crippen LogP contribution in [0.5, 0.6) is 5.75 Å². The predicted octanol–water partition coefficient (Wildman–Crippen LogP) is 2.92. The summed E-state index contributed by atoms with van der Waals surface area (Å²) in [4.78, 5) is 31.9. The number of aliphatic imine (C=N–C) groups is 1. The van der Waals surface area contributed by atoms with Gasteiger partial charge in [-0.1, -0.05) is 12.1 Å². The maximum atomic E-state index is 12.8. The summed E-state index contributed by atoms with van der Waals surface area (Å²) >= 11 is 0. The minimum atomic E-state index is -0.248. The molecule has 2 heterocycles. The molecule has 2 aliphatic rings. The van der Waals surface area contributed by atoms with Crippen LogP contribution in [-0.4, -0.2) is 49.0 Å². The quantitative estimate of drug-likeness (QED) is 0.907. The molecular formula is C21H21N3O3. The first-order valence-corrected chi connectivity index (χ1v) is 9.01. The third-order valence-corrected chi connectivity index (χ3v) is 5.02. The van der Waals surface area contributed by atoms with E-state index in [0.29, 0.717) is 18.5 Å². The molecular weight excluding hydrogens is 342 g/mol. The van der Waals surface area contributed by atoms with Crippen molar-refractivity contribution in [2.45, 2.75) is 6.42 Å². The number of carbonyl (C=O) groups excluding carboxylic acids is 2. The van der Waals surface area contributed by atoms with Crippen molar-refractivity contribution >= 4 is 28.8 Å².